The van der Waals surface area contributed by atoms with Gasteiger partial charge in [0.25, 0.3) is 5.91 Å². The van der Waals surface area contributed by atoms with E-state index in [1.54, 1.807) is 29.7 Å². The molecule has 94 valence electrons. The highest BCUT2D eigenvalue weighted by Gasteiger charge is 2.06. The van der Waals surface area contributed by atoms with E-state index >= 15 is 0 Å². The van der Waals surface area contributed by atoms with E-state index in [0.717, 1.165) is 6.42 Å². The molecule has 0 aromatic carbocycles. The van der Waals surface area contributed by atoms with Crippen molar-refractivity contribution in [2.24, 2.45) is 5.84 Å². The number of carbonyl (C=O) groups is 1. The number of anilines is 1. The molecular weight excluding hydrogens is 248 g/mol. The van der Waals surface area contributed by atoms with Crippen molar-refractivity contribution in [3.05, 3.63) is 46.3 Å². The van der Waals surface area contributed by atoms with Gasteiger partial charge in [-0.05, 0) is 30.0 Å². The maximum atomic E-state index is 11.8. The van der Waals surface area contributed by atoms with Crippen LogP contribution in [0, 0.1) is 0 Å². The van der Waals surface area contributed by atoms with Gasteiger partial charge in [-0.3, -0.25) is 4.79 Å². The zero-order valence-electron chi connectivity index (χ0n) is 9.72. The Labute approximate surface area is 109 Å². The fourth-order valence-corrected chi connectivity index (χ4v) is 2.22. The number of nitrogens with two attached hydrogens (primary N) is 1. The molecule has 4 N–H and O–H groups in total. The van der Waals surface area contributed by atoms with Gasteiger partial charge in [-0.25, -0.2) is 10.8 Å². The van der Waals surface area contributed by atoms with Crippen LogP contribution in [-0.2, 0) is 6.42 Å². The summed E-state index contributed by atoms with van der Waals surface area (Å²) in [6.45, 7) is 0.618. The first kappa shape index (κ1) is 12.5. The zero-order chi connectivity index (χ0) is 12.8. The SMILES string of the molecule is NNc1cc(C(=O)NCCc2cccs2)ccn1. The Hall–Kier alpha value is -1.92. The predicted octanol–water partition coefficient (Wildman–Crippen LogP) is 1.40. The summed E-state index contributed by atoms with van der Waals surface area (Å²) in [5.74, 6) is 5.59. The third-order valence-corrected chi connectivity index (χ3v) is 3.34. The highest BCUT2D eigenvalue weighted by Crippen LogP contribution is 2.09. The molecule has 5 nitrogen and oxygen atoms in total. The summed E-state index contributed by atoms with van der Waals surface area (Å²) in [6, 6.07) is 7.32. The van der Waals surface area contributed by atoms with Gasteiger partial charge in [0, 0.05) is 23.2 Å². The van der Waals surface area contributed by atoms with Crippen LogP contribution in [0.25, 0.3) is 0 Å². The number of aromatic nitrogens is 1. The number of amides is 1. The normalized spacial score (nSPS) is 10.1. The molecule has 0 bridgehead atoms. The van der Waals surface area contributed by atoms with Crippen LogP contribution in [0.15, 0.2) is 35.8 Å². The topological polar surface area (TPSA) is 80.0 Å². The Kier molecular flexibility index (Phi) is 4.27. The molecule has 0 atom stereocenters. The molecule has 6 heteroatoms. The lowest BCUT2D eigenvalue weighted by atomic mass is 10.2. The third-order valence-electron chi connectivity index (χ3n) is 2.41. The van der Waals surface area contributed by atoms with Crippen LogP contribution >= 0.6 is 11.3 Å². The first-order valence-corrected chi connectivity index (χ1v) is 6.41. The Morgan fingerprint density at radius 3 is 3.06 bits per heavy atom. The second-order valence-electron chi connectivity index (χ2n) is 3.66. The number of thiophene rings is 1. The lowest BCUT2D eigenvalue weighted by Crippen LogP contribution is -2.25. The van der Waals surface area contributed by atoms with Gasteiger partial charge < -0.3 is 10.7 Å². The van der Waals surface area contributed by atoms with Gasteiger partial charge in [0.05, 0.1) is 0 Å². The molecule has 2 aromatic heterocycles. The number of carbonyl (C=O) groups excluding carboxylic acids is 1. The lowest BCUT2D eigenvalue weighted by molar-refractivity contribution is 0.0954. The average Bonchev–Trinajstić information content (AvgIpc) is 2.92. The van der Waals surface area contributed by atoms with E-state index in [1.807, 2.05) is 11.4 Å². The largest absolute Gasteiger partial charge is 0.352 e. The van der Waals surface area contributed by atoms with Crippen molar-refractivity contribution in [1.29, 1.82) is 0 Å². The third kappa shape index (κ3) is 3.28. The molecule has 2 heterocycles. The molecule has 0 aliphatic rings. The quantitative estimate of drug-likeness (QED) is 0.562. The number of nitrogens with zero attached hydrogens (tertiary/aromatic N) is 1. The molecule has 2 rings (SSSR count). The van der Waals surface area contributed by atoms with Gasteiger partial charge in [-0.15, -0.1) is 11.3 Å². The van der Waals surface area contributed by atoms with Gasteiger partial charge in [0.2, 0.25) is 0 Å². The van der Waals surface area contributed by atoms with Crippen LogP contribution in [-0.4, -0.2) is 17.4 Å². The number of rotatable bonds is 5. The van der Waals surface area contributed by atoms with Gasteiger partial charge in [0.15, 0.2) is 0 Å². The van der Waals surface area contributed by atoms with E-state index in [4.69, 9.17) is 5.84 Å². The van der Waals surface area contributed by atoms with E-state index in [-0.39, 0.29) is 5.91 Å². The Bertz CT molecular complexity index is 513. The first-order chi connectivity index (χ1) is 8.79. The molecule has 0 fully saturated rings. The fourth-order valence-electron chi connectivity index (χ4n) is 1.51. The summed E-state index contributed by atoms with van der Waals surface area (Å²) in [6.07, 6.45) is 2.39. The Morgan fingerprint density at radius 2 is 2.33 bits per heavy atom. The molecule has 0 saturated carbocycles. The maximum Gasteiger partial charge on any atom is 0.251 e. The van der Waals surface area contributed by atoms with Gasteiger partial charge >= 0.3 is 0 Å². The van der Waals surface area contributed by atoms with Gasteiger partial charge in [0.1, 0.15) is 5.82 Å². The van der Waals surface area contributed by atoms with E-state index in [9.17, 15) is 4.79 Å². The minimum Gasteiger partial charge on any atom is -0.352 e. The molecular formula is C12H14N4OS. The van der Waals surface area contributed by atoms with E-state index in [2.05, 4.69) is 21.8 Å². The van der Waals surface area contributed by atoms with Crippen LogP contribution in [0.2, 0.25) is 0 Å². The van der Waals surface area contributed by atoms with Crippen molar-refractivity contribution in [3.8, 4) is 0 Å². The number of nitrogens with one attached hydrogen (secondary N) is 2. The van der Waals surface area contributed by atoms with Crippen LogP contribution < -0.4 is 16.6 Å². The molecule has 0 radical (unpaired) electrons. The minimum atomic E-state index is -0.120. The summed E-state index contributed by atoms with van der Waals surface area (Å²) >= 11 is 1.69. The molecule has 0 unspecified atom stereocenters. The van der Waals surface area contributed by atoms with Crippen molar-refractivity contribution >= 4 is 23.1 Å². The zero-order valence-corrected chi connectivity index (χ0v) is 10.5. The molecule has 0 aliphatic carbocycles. The highest BCUT2D eigenvalue weighted by atomic mass is 32.1. The molecule has 0 aliphatic heterocycles. The van der Waals surface area contributed by atoms with Crippen LogP contribution in [0.4, 0.5) is 5.82 Å². The van der Waals surface area contributed by atoms with Crippen molar-refractivity contribution in [1.82, 2.24) is 10.3 Å². The summed E-state index contributed by atoms with van der Waals surface area (Å²) in [5.41, 5.74) is 2.96. The standard InChI is InChI=1S/C12H14N4OS/c13-16-11-8-9(3-5-14-11)12(17)15-6-4-10-2-1-7-18-10/h1-3,5,7-8H,4,6,13H2,(H,14,16)(H,15,17). The first-order valence-electron chi connectivity index (χ1n) is 5.53. The van der Waals surface area contributed by atoms with Gasteiger partial charge in [-0.2, -0.15) is 0 Å². The molecule has 2 aromatic rings. The second-order valence-corrected chi connectivity index (χ2v) is 4.69. The van der Waals surface area contributed by atoms with Gasteiger partial charge in [-0.1, -0.05) is 6.07 Å². The highest BCUT2D eigenvalue weighted by molar-refractivity contribution is 7.09. The van der Waals surface area contributed by atoms with E-state index in [1.165, 1.54) is 4.88 Å². The van der Waals surface area contributed by atoms with Crippen molar-refractivity contribution < 1.29 is 4.79 Å². The molecule has 18 heavy (non-hydrogen) atoms. The molecule has 1 amide bonds. The predicted molar refractivity (Wildman–Crippen MR) is 72.4 cm³/mol. The number of pyridine rings is 1. The molecule has 0 saturated heterocycles. The summed E-state index contributed by atoms with van der Waals surface area (Å²) in [7, 11) is 0. The number of hydrogen-bond donors (Lipinski definition) is 3. The summed E-state index contributed by atoms with van der Waals surface area (Å²) in [4.78, 5) is 17.0. The van der Waals surface area contributed by atoms with E-state index < -0.39 is 0 Å². The Balaban J connectivity index is 1.87. The second kappa shape index (κ2) is 6.13. The summed E-state index contributed by atoms with van der Waals surface area (Å²) in [5, 5.41) is 4.89. The lowest BCUT2D eigenvalue weighted by Gasteiger charge is -2.05. The number of nitrogen functional groups attached to an aromatic ring is 1. The van der Waals surface area contributed by atoms with Crippen molar-refractivity contribution in [2.75, 3.05) is 12.0 Å². The van der Waals surface area contributed by atoms with Crippen LogP contribution in [0.1, 0.15) is 15.2 Å². The fraction of sp³-hybridized carbons (Fsp3) is 0.167. The van der Waals surface area contributed by atoms with Crippen LogP contribution in [0.3, 0.4) is 0 Å². The number of hydrazine groups is 1. The summed E-state index contributed by atoms with van der Waals surface area (Å²) < 4.78 is 0. The molecule has 0 spiro atoms. The maximum absolute atomic E-state index is 11.8. The number of hydrogen-bond acceptors (Lipinski definition) is 5. The minimum absolute atomic E-state index is 0.120. The average molecular weight is 262 g/mol. The van der Waals surface area contributed by atoms with E-state index in [0.29, 0.717) is 17.9 Å². The van der Waals surface area contributed by atoms with Crippen molar-refractivity contribution in [3.63, 3.8) is 0 Å². The Morgan fingerprint density at radius 1 is 1.44 bits per heavy atom. The van der Waals surface area contributed by atoms with Crippen LogP contribution in [0.5, 0.6) is 0 Å². The monoisotopic (exact) mass is 262 g/mol. The van der Waals surface area contributed by atoms with Crippen molar-refractivity contribution in [2.45, 2.75) is 6.42 Å². The smallest absolute Gasteiger partial charge is 0.251 e.